The van der Waals surface area contributed by atoms with Crippen LogP contribution in [-0.2, 0) is 14.3 Å². The Hall–Kier alpha value is -2.30. The van der Waals surface area contributed by atoms with Gasteiger partial charge in [-0.2, -0.15) is 0 Å². The number of Topliss-reactive ketones (excluding diaryl/α,β-unsaturated/α-hetero) is 1. The van der Waals surface area contributed by atoms with Crippen LogP contribution in [0.4, 0.5) is 0 Å². The number of nitrogens with zero attached hydrogens (tertiary/aromatic N) is 4. The van der Waals surface area contributed by atoms with E-state index < -0.39 is 54.2 Å². The summed E-state index contributed by atoms with van der Waals surface area (Å²) in [6, 6.07) is -0.863. The molecule has 0 aromatic carbocycles. The molecule has 0 spiro atoms. The Balaban J connectivity index is 2.43. The maximum atomic E-state index is 13.2. The Kier molecular flexibility index (Phi) is 11.3. The molecule has 1 saturated heterocycles. The topological polar surface area (TPSA) is 166 Å². The summed E-state index contributed by atoms with van der Waals surface area (Å²) in [6.07, 6.45) is -1.38. The van der Waals surface area contributed by atoms with Crippen LogP contribution in [0.3, 0.4) is 0 Å². The van der Waals surface area contributed by atoms with Crippen molar-refractivity contribution in [3.63, 3.8) is 0 Å². The zero-order chi connectivity index (χ0) is 27.9. The minimum Gasteiger partial charge on any atom is -0.458 e. The number of aromatic nitrogens is 1. The molecular formula is C26H40N4O6S. The van der Waals surface area contributed by atoms with E-state index in [1.807, 2.05) is 19.2 Å². The Morgan fingerprint density at radius 2 is 1.95 bits per heavy atom. The Morgan fingerprint density at radius 3 is 2.54 bits per heavy atom. The van der Waals surface area contributed by atoms with E-state index in [1.54, 1.807) is 33.8 Å². The van der Waals surface area contributed by atoms with Gasteiger partial charge in [0.25, 0.3) is 0 Å². The van der Waals surface area contributed by atoms with Crippen molar-refractivity contribution >= 4 is 29.2 Å². The molecule has 3 N–H and O–H groups in total. The molecule has 11 heteroatoms. The minimum absolute atomic E-state index is 0.0377. The molecule has 0 amide bonds. The van der Waals surface area contributed by atoms with Gasteiger partial charge < -0.3 is 20.1 Å². The molecular weight excluding hydrogens is 496 g/mol. The first-order valence-electron chi connectivity index (χ1n) is 12.7. The summed E-state index contributed by atoms with van der Waals surface area (Å²) in [7, 11) is 0. The number of hydrogen-bond donors (Lipinski definition) is 3. The molecule has 2 rings (SSSR count). The van der Waals surface area contributed by atoms with Gasteiger partial charge in [-0.05, 0) is 56.2 Å². The number of hydrogen-bond acceptors (Lipinski definition) is 9. The summed E-state index contributed by atoms with van der Waals surface area (Å²) >= 11 is 1.48. The fourth-order valence-electron chi connectivity index (χ4n) is 4.70. The number of carbonyl (C=O) groups excluding carboxylic acids is 2. The average Bonchev–Trinajstić information content (AvgIpc) is 3.24. The van der Waals surface area contributed by atoms with Crippen molar-refractivity contribution in [2.75, 3.05) is 0 Å². The number of rotatable bonds is 3. The normalized spacial score (nSPS) is 32.9. The molecule has 37 heavy (non-hydrogen) atoms. The quantitative estimate of drug-likeness (QED) is 0.223. The number of thiazole rings is 1. The first kappa shape index (κ1) is 30.9. The van der Waals surface area contributed by atoms with Gasteiger partial charge >= 0.3 is 5.97 Å². The molecule has 10 nitrogen and oxygen atoms in total. The predicted molar refractivity (Wildman–Crippen MR) is 142 cm³/mol. The van der Waals surface area contributed by atoms with Crippen LogP contribution >= 0.6 is 11.3 Å². The summed E-state index contributed by atoms with van der Waals surface area (Å²) in [5.74, 6) is -2.07. The monoisotopic (exact) mass is 536 g/mol. The molecule has 1 fully saturated rings. The van der Waals surface area contributed by atoms with Gasteiger partial charge in [-0.1, -0.05) is 39.2 Å². The van der Waals surface area contributed by atoms with Crippen molar-refractivity contribution in [2.24, 2.45) is 22.4 Å². The predicted octanol–water partition coefficient (Wildman–Crippen LogP) is 4.36. The second kappa shape index (κ2) is 13.5. The average molecular weight is 537 g/mol. The molecule has 7 atom stereocenters. The number of aliphatic hydroxyl groups excluding tert-OH is 3. The molecule has 1 aliphatic heterocycles. The van der Waals surface area contributed by atoms with Crippen LogP contribution in [0.1, 0.15) is 77.4 Å². The van der Waals surface area contributed by atoms with Gasteiger partial charge in [-0.25, -0.2) is 4.98 Å². The van der Waals surface area contributed by atoms with Crippen LogP contribution < -0.4 is 0 Å². The fraction of sp³-hybridized carbons (Fsp3) is 0.731. The van der Waals surface area contributed by atoms with Crippen molar-refractivity contribution in [3.8, 4) is 0 Å². The van der Waals surface area contributed by atoms with Gasteiger partial charge in [0.05, 0.1) is 46.9 Å². The summed E-state index contributed by atoms with van der Waals surface area (Å²) in [6.45, 7) is 10.2. The molecule has 1 aliphatic rings. The van der Waals surface area contributed by atoms with E-state index in [1.165, 1.54) is 11.3 Å². The second-order valence-electron chi connectivity index (χ2n) is 10.7. The van der Waals surface area contributed by atoms with Gasteiger partial charge in [0, 0.05) is 16.2 Å². The third kappa shape index (κ3) is 8.35. The fourth-order valence-corrected chi connectivity index (χ4v) is 5.27. The zero-order valence-corrected chi connectivity index (χ0v) is 23.3. The lowest BCUT2D eigenvalue weighted by atomic mass is 9.73. The lowest BCUT2D eigenvalue weighted by Crippen LogP contribution is -2.46. The summed E-state index contributed by atoms with van der Waals surface area (Å²) in [5.41, 5.74) is 9.17. The van der Waals surface area contributed by atoms with Gasteiger partial charge in [0.15, 0.2) is 0 Å². The van der Waals surface area contributed by atoms with Gasteiger partial charge in [0.2, 0.25) is 0 Å². The summed E-state index contributed by atoms with van der Waals surface area (Å²) in [4.78, 5) is 33.5. The molecule has 0 radical (unpaired) electrons. The van der Waals surface area contributed by atoms with E-state index in [4.69, 9.17) is 10.3 Å². The molecule has 2 heterocycles. The second-order valence-corrected chi connectivity index (χ2v) is 11.8. The van der Waals surface area contributed by atoms with Crippen molar-refractivity contribution in [2.45, 2.75) is 104 Å². The van der Waals surface area contributed by atoms with E-state index >= 15 is 0 Å². The number of esters is 1. The largest absolute Gasteiger partial charge is 0.458 e. The van der Waals surface area contributed by atoms with E-state index in [2.05, 4.69) is 15.0 Å². The molecule has 0 saturated carbocycles. The van der Waals surface area contributed by atoms with Crippen LogP contribution in [0, 0.1) is 24.2 Å². The zero-order valence-electron chi connectivity index (χ0n) is 22.5. The Labute approximate surface area is 222 Å². The Morgan fingerprint density at radius 1 is 1.27 bits per heavy atom. The summed E-state index contributed by atoms with van der Waals surface area (Å²) in [5, 5.41) is 39.0. The number of aryl methyl sites for hydroxylation is 1. The van der Waals surface area contributed by atoms with Gasteiger partial charge in [-0.3, -0.25) is 9.59 Å². The third-order valence-corrected chi connectivity index (χ3v) is 8.18. The Bertz CT molecular complexity index is 1020. The van der Waals surface area contributed by atoms with Crippen molar-refractivity contribution in [1.82, 2.24) is 4.98 Å². The van der Waals surface area contributed by atoms with E-state index in [0.29, 0.717) is 30.5 Å². The molecule has 1 aromatic heterocycles. The van der Waals surface area contributed by atoms with Gasteiger partial charge in [-0.15, -0.1) is 11.3 Å². The van der Waals surface area contributed by atoms with Crippen molar-refractivity contribution in [1.29, 1.82) is 0 Å². The number of carbonyl (C=O) groups is 2. The highest BCUT2D eigenvalue weighted by Gasteiger charge is 2.42. The first-order chi connectivity index (χ1) is 17.3. The van der Waals surface area contributed by atoms with Crippen LogP contribution in [0.25, 0.3) is 16.5 Å². The van der Waals surface area contributed by atoms with Crippen molar-refractivity contribution < 1.29 is 29.6 Å². The maximum absolute atomic E-state index is 13.2. The van der Waals surface area contributed by atoms with Gasteiger partial charge in [0.1, 0.15) is 11.9 Å². The standard InChI is InChI=1S/C26H40N4O6S/c1-14-8-7-9-20(31)19(29-30-27)11-21(15(2)10-18-13-37-17(4)28-18)36-23(33)12-22(32)26(5,6)25(35)16(3)24(14)34/h10,13-14,16,19-22,24,31-32,34H,7-9,11-12H2,1-6H3/t14-,16+,19-,20-,21-,22-,24-/m0/s1. The minimum atomic E-state index is -1.34. The molecule has 0 unspecified atom stereocenters. The number of ether oxygens (including phenoxy) is 1. The summed E-state index contributed by atoms with van der Waals surface area (Å²) < 4.78 is 5.73. The first-order valence-corrected chi connectivity index (χ1v) is 13.6. The lowest BCUT2D eigenvalue weighted by Gasteiger charge is -2.35. The molecule has 1 aromatic rings. The van der Waals surface area contributed by atoms with Crippen LogP contribution in [-0.4, -0.2) is 62.5 Å². The number of cyclic esters (lactones) is 1. The SMILES string of the molecule is CC(=Cc1csc(C)n1)[C@@H]1C[C@H](N=[N+]=[N-])[C@@H](O)CCC[C@H](C)[C@H](O)[C@@H](C)C(=O)C(C)(C)[C@@H](O)CC(=O)O1. The molecule has 0 aliphatic carbocycles. The number of azide groups is 1. The highest BCUT2D eigenvalue weighted by Crippen LogP contribution is 2.33. The number of ketones is 1. The maximum Gasteiger partial charge on any atom is 0.309 e. The molecule has 206 valence electrons. The van der Waals surface area contributed by atoms with E-state index in [9.17, 15) is 24.9 Å². The van der Waals surface area contributed by atoms with Crippen LogP contribution in [0.15, 0.2) is 16.1 Å². The van der Waals surface area contributed by atoms with E-state index in [-0.39, 0.29) is 18.1 Å². The number of aliphatic hydroxyl groups is 3. The van der Waals surface area contributed by atoms with E-state index in [0.717, 1.165) is 5.01 Å². The third-order valence-electron chi connectivity index (χ3n) is 7.39. The smallest absolute Gasteiger partial charge is 0.309 e. The van der Waals surface area contributed by atoms with Crippen molar-refractivity contribution in [3.05, 3.63) is 32.1 Å². The van der Waals surface area contributed by atoms with Crippen LogP contribution in [0.2, 0.25) is 0 Å². The highest BCUT2D eigenvalue weighted by atomic mass is 32.1. The lowest BCUT2D eigenvalue weighted by molar-refractivity contribution is -0.154. The highest BCUT2D eigenvalue weighted by molar-refractivity contribution is 7.09. The van der Waals surface area contributed by atoms with Crippen LogP contribution in [0.5, 0.6) is 0 Å². The molecule has 0 bridgehead atoms.